The first-order chi connectivity index (χ1) is 14.1. The fraction of sp³-hybridized carbons (Fsp3) is 0.476. The number of likely N-dealkylation sites (tertiary alicyclic amines) is 1. The highest BCUT2D eigenvalue weighted by molar-refractivity contribution is 14.0. The lowest BCUT2D eigenvalue weighted by Crippen LogP contribution is -2.49. The van der Waals surface area contributed by atoms with Crippen molar-refractivity contribution in [3.63, 3.8) is 0 Å². The first-order valence-electron chi connectivity index (χ1n) is 10.0. The molecule has 2 aromatic rings. The molecule has 0 bridgehead atoms. The molecule has 1 aromatic heterocycles. The number of hydrogen-bond acceptors (Lipinski definition) is 4. The largest absolute Gasteiger partial charge is 0.492 e. The second-order valence-corrected chi connectivity index (χ2v) is 7.32. The summed E-state index contributed by atoms with van der Waals surface area (Å²) in [5, 5.41) is 6.15. The van der Waals surface area contributed by atoms with E-state index in [2.05, 4.69) is 37.0 Å². The number of amides is 1. The number of guanidine groups is 1. The van der Waals surface area contributed by atoms with Gasteiger partial charge in [-0.15, -0.1) is 24.0 Å². The molecule has 2 N–H and O–H groups in total. The molecule has 0 saturated carbocycles. The van der Waals surface area contributed by atoms with Crippen LogP contribution in [0.2, 0.25) is 0 Å². The van der Waals surface area contributed by atoms with Crippen molar-refractivity contribution in [3.05, 3.63) is 43.0 Å². The Morgan fingerprint density at radius 2 is 2.23 bits per heavy atom. The van der Waals surface area contributed by atoms with E-state index in [1.807, 2.05) is 50.0 Å². The summed E-state index contributed by atoms with van der Waals surface area (Å²) in [7, 11) is 1.81. The summed E-state index contributed by atoms with van der Waals surface area (Å²) < 4.78 is 8.00. The number of hydrogen-bond donors (Lipinski definition) is 2. The quantitative estimate of drug-likeness (QED) is 0.262. The van der Waals surface area contributed by atoms with Crippen LogP contribution in [0.15, 0.2) is 48.0 Å². The first-order valence-corrected chi connectivity index (χ1v) is 10.0. The fourth-order valence-electron chi connectivity index (χ4n) is 3.63. The molecule has 1 saturated heterocycles. The molecule has 1 aliphatic rings. The van der Waals surface area contributed by atoms with Crippen LogP contribution in [0.4, 0.5) is 5.69 Å². The molecule has 1 fully saturated rings. The first kappa shape index (κ1) is 24.0. The van der Waals surface area contributed by atoms with Crippen molar-refractivity contribution in [2.45, 2.75) is 26.3 Å². The van der Waals surface area contributed by atoms with E-state index < -0.39 is 0 Å². The van der Waals surface area contributed by atoms with E-state index in [0.29, 0.717) is 25.1 Å². The lowest BCUT2D eigenvalue weighted by molar-refractivity contribution is -0.114. The summed E-state index contributed by atoms with van der Waals surface area (Å²) in [6.45, 7) is 6.79. The number of rotatable bonds is 6. The van der Waals surface area contributed by atoms with E-state index in [9.17, 15) is 4.79 Å². The molecule has 164 valence electrons. The van der Waals surface area contributed by atoms with Crippen molar-refractivity contribution in [1.29, 1.82) is 0 Å². The van der Waals surface area contributed by atoms with Gasteiger partial charge < -0.3 is 24.8 Å². The summed E-state index contributed by atoms with van der Waals surface area (Å²) in [6.07, 6.45) is 6.86. The second kappa shape index (κ2) is 11.8. The third kappa shape index (κ3) is 6.61. The number of anilines is 1. The van der Waals surface area contributed by atoms with Gasteiger partial charge in [-0.05, 0) is 24.5 Å². The summed E-state index contributed by atoms with van der Waals surface area (Å²) in [4.78, 5) is 22.1. The number of halogens is 1. The summed E-state index contributed by atoms with van der Waals surface area (Å²) >= 11 is 0. The molecule has 0 spiro atoms. The molecule has 9 heteroatoms. The molecular weight excluding hydrogens is 495 g/mol. The smallest absolute Gasteiger partial charge is 0.221 e. The van der Waals surface area contributed by atoms with E-state index in [0.717, 1.165) is 36.9 Å². The van der Waals surface area contributed by atoms with Crippen LogP contribution in [0.5, 0.6) is 5.75 Å². The molecule has 30 heavy (non-hydrogen) atoms. The maximum Gasteiger partial charge on any atom is 0.221 e. The molecule has 1 amide bonds. The molecular formula is C21H31IN6O2. The van der Waals surface area contributed by atoms with E-state index in [1.54, 1.807) is 0 Å². The van der Waals surface area contributed by atoms with Crippen molar-refractivity contribution in [1.82, 2.24) is 19.8 Å². The van der Waals surface area contributed by atoms with E-state index in [4.69, 9.17) is 4.74 Å². The van der Waals surface area contributed by atoms with Crippen LogP contribution in [0.3, 0.4) is 0 Å². The Bertz CT molecular complexity index is 827. The molecule has 0 radical (unpaired) electrons. The van der Waals surface area contributed by atoms with Gasteiger partial charge in [0.25, 0.3) is 0 Å². The van der Waals surface area contributed by atoms with E-state index in [-0.39, 0.29) is 29.9 Å². The Morgan fingerprint density at radius 1 is 1.40 bits per heavy atom. The van der Waals surface area contributed by atoms with Crippen molar-refractivity contribution in [2.75, 3.05) is 38.6 Å². The van der Waals surface area contributed by atoms with Crippen molar-refractivity contribution in [3.8, 4) is 5.75 Å². The van der Waals surface area contributed by atoms with Gasteiger partial charge in [0.1, 0.15) is 12.4 Å². The highest BCUT2D eigenvalue weighted by Crippen LogP contribution is 2.27. The molecule has 2 unspecified atom stereocenters. The van der Waals surface area contributed by atoms with Gasteiger partial charge in [-0.25, -0.2) is 4.98 Å². The number of nitrogens with zero attached hydrogens (tertiary/aromatic N) is 4. The number of piperidine rings is 1. The average Bonchev–Trinajstić information content (AvgIpc) is 3.23. The molecule has 1 aliphatic heterocycles. The minimum Gasteiger partial charge on any atom is -0.492 e. The number of imidazole rings is 1. The zero-order valence-corrected chi connectivity index (χ0v) is 20.1. The summed E-state index contributed by atoms with van der Waals surface area (Å²) in [5.41, 5.74) is 0.728. The number of ether oxygens (including phenoxy) is 1. The molecule has 3 rings (SSSR count). The Balaban J connectivity index is 0.00000320. The van der Waals surface area contributed by atoms with Crippen LogP contribution in [0, 0.1) is 5.92 Å². The van der Waals surface area contributed by atoms with Gasteiger partial charge >= 0.3 is 0 Å². The van der Waals surface area contributed by atoms with Gasteiger partial charge in [-0.1, -0.05) is 13.0 Å². The van der Waals surface area contributed by atoms with Gasteiger partial charge in [0.15, 0.2) is 5.96 Å². The van der Waals surface area contributed by atoms with Crippen LogP contribution in [-0.2, 0) is 4.79 Å². The standard InChI is InChI=1S/C21H30N6O2.HI/c1-16-7-10-26(14-20(16)27-11-8-23-15-27)21(22-3)24-9-12-29-19-6-4-5-18(13-19)25-17(2)28;/h4-6,8,11,13,15-16,20H,7,9-10,12,14H2,1-3H3,(H,22,24)(H,25,28);1H. The number of aromatic nitrogens is 2. The average molecular weight is 526 g/mol. The predicted octanol–water partition coefficient (Wildman–Crippen LogP) is 3.00. The van der Waals surface area contributed by atoms with Gasteiger partial charge in [0.2, 0.25) is 5.91 Å². The Kier molecular flexibility index (Phi) is 9.41. The number of nitrogens with one attached hydrogen (secondary N) is 2. The number of carbonyl (C=O) groups excluding carboxylic acids is 1. The van der Waals surface area contributed by atoms with Crippen LogP contribution in [-0.4, -0.2) is 59.6 Å². The molecule has 8 nitrogen and oxygen atoms in total. The van der Waals surface area contributed by atoms with Crippen LogP contribution >= 0.6 is 24.0 Å². The van der Waals surface area contributed by atoms with Crippen LogP contribution < -0.4 is 15.4 Å². The predicted molar refractivity (Wildman–Crippen MR) is 130 cm³/mol. The minimum atomic E-state index is -0.0996. The highest BCUT2D eigenvalue weighted by atomic mass is 127. The SMILES string of the molecule is CN=C(NCCOc1cccc(NC(C)=O)c1)N1CCC(C)C(n2ccnc2)C1.I. The number of benzene rings is 1. The zero-order chi connectivity index (χ0) is 20.6. The van der Waals surface area contributed by atoms with Crippen molar-refractivity contribution < 1.29 is 9.53 Å². The topological polar surface area (TPSA) is 83.8 Å². The van der Waals surface area contributed by atoms with Crippen LogP contribution in [0.25, 0.3) is 0 Å². The number of carbonyl (C=O) groups is 1. The normalized spacial score (nSPS) is 19.0. The monoisotopic (exact) mass is 526 g/mol. The molecule has 2 atom stereocenters. The molecule has 2 heterocycles. The fourth-order valence-corrected chi connectivity index (χ4v) is 3.63. The lowest BCUT2D eigenvalue weighted by atomic mass is 9.93. The Morgan fingerprint density at radius 3 is 2.93 bits per heavy atom. The van der Waals surface area contributed by atoms with Crippen molar-refractivity contribution >= 4 is 41.5 Å². The maximum absolute atomic E-state index is 11.2. The van der Waals surface area contributed by atoms with Crippen LogP contribution in [0.1, 0.15) is 26.3 Å². The highest BCUT2D eigenvalue weighted by Gasteiger charge is 2.28. The van der Waals surface area contributed by atoms with Gasteiger partial charge in [-0.3, -0.25) is 9.79 Å². The third-order valence-corrected chi connectivity index (χ3v) is 5.15. The van der Waals surface area contributed by atoms with E-state index >= 15 is 0 Å². The minimum absolute atomic E-state index is 0. The summed E-state index contributed by atoms with van der Waals surface area (Å²) in [5.74, 6) is 2.10. The van der Waals surface area contributed by atoms with Gasteiger partial charge in [0.05, 0.1) is 18.9 Å². The van der Waals surface area contributed by atoms with Gasteiger partial charge in [-0.2, -0.15) is 0 Å². The third-order valence-electron chi connectivity index (χ3n) is 5.15. The summed E-state index contributed by atoms with van der Waals surface area (Å²) in [6, 6.07) is 7.78. The Hall–Kier alpha value is -2.30. The van der Waals surface area contributed by atoms with Gasteiger partial charge in [0, 0.05) is 51.2 Å². The lowest BCUT2D eigenvalue weighted by Gasteiger charge is -2.39. The zero-order valence-electron chi connectivity index (χ0n) is 17.7. The molecule has 0 aliphatic carbocycles. The molecule has 1 aromatic carbocycles. The van der Waals surface area contributed by atoms with E-state index in [1.165, 1.54) is 6.92 Å². The number of aliphatic imine (C=N–C) groups is 1. The Labute approximate surface area is 195 Å². The van der Waals surface area contributed by atoms with Crippen molar-refractivity contribution in [2.24, 2.45) is 10.9 Å². The maximum atomic E-state index is 11.2. The second-order valence-electron chi connectivity index (χ2n) is 7.32.